The molecule has 1 aromatic heterocycles. The predicted molar refractivity (Wildman–Crippen MR) is 123 cm³/mol. The third-order valence-electron chi connectivity index (χ3n) is 5.32. The number of carbonyl (C=O) groups is 1. The second kappa shape index (κ2) is 9.11. The van der Waals surface area contributed by atoms with Gasteiger partial charge in [0.2, 0.25) is 5.91 Å². The van der Waals surface area contributed by atoms with Crippen LogP contribution < -0.4 is 15.5 Å². The molecule has 1 aromatic carbocycles. The number of anilines is 3. The van der Waals surface area contributed by atoms with Gasteiger partial charge in [0.1, 0.15) is 11.5 Å². The van der Waals surface area contributed by atoms with E-state index < -0.39 is 0 Å². The number of amides is 1. The maximum Gasteiger partial charge on any atom is 0.243 e. The molecule has 0 radical (unpaired) electrons. The highest BCUT2D eigenvalue weighted by Crippen LogP contribution is 2.39. The standard InChI is InChI=1S/C22H30BrN5O/c1-6-7-10-28(14(4)17-9-8-16(13(2)3)11-18(17)23)22-20-21(25-15(5)26-22)24-12-19(29)27-20/h8-9,11,13-14H,6-7,10,12H2,1-5H3,(H,27,29)(H,24,25,26). The number of carbonyl (C=O) groups excluding carboxylic acids is 1. The van der Waals surface area contributed by atoms with Gasteiger partial charge in [0.25, 0.3) is 0 Å². The molecule has 6 nitrogen and oxygen atoms in total. The summed E-state index contributed by atoms with van der Waals surface area (Å²) in [5, 5.41) is 6.09. The molecule has 0 bridgehead atoms. The largest absolute Gasteiger partial charge is 0.359 e. The van der Waals surface area contributed by atoms with Gasteiger partial charge in [-0.3, -0.25) is 4.79 Å². The molecule has 0 fully saturated rings. The first-order valence-electron chi connectivity index (χ1n) is 10.3. The van der Waals surface area contributed by atoms with E-state index in [1.807, 2.05) is 6.92 Å². The number of hydrogen-bond donors (Lipinski definition) is 2. The molecular formula is C22H30BrN5O. The number of halogens is 1. The lowest BCUT2D eigenvalue weighted by molar-refractivity contribution is -0.114. The van der Waals surface area contributed by atoms with Gasteiger partial charge in [0.05, 0.1) is 12.6 Å². The zero-order valence-electron chi connectivity index (χ0n) is 17.8. The Kier molecular flexibility index (Phi) is 6.77. The third kappa shape index (κ3) is 4.71. The number of nitrogens with one attached hydrogen (secondary N) is 2. The van der Waals surface area contributed by atoms with Crippen molar-refractivity contribution in [1.82, 2.24) is 9.97 Å². The lowest BCUT2D eigenvalue weighted by Crippen LogP contribution is -2.34. The minimum atomic E-state index is -0.0724. The maximum absolute atomic E-state index is 12.0. The maximum atomic E-state index is 12.0. The van der Waals surface area contributed by atoms with Gasteiger partial charge in [0, 0.05) is 11.0 Å². The average Bonchev–Trinajstić information content (AvgIpc) is 2.68. The minimum absolute atomic E-state index is 0.0724. The van der Waals surface area contributed by atoms with Crippen molar-refractivity contribution >= 4 is 39.2 Å². The molecule has 1 aliphatic heterocycles. The van der Waals surface area contributed by atoms with Crippen molar-refractivity contribution in [3.63, 3.8) is 0 Å². The van der Waals surface area contributed by atoms with E-state index in [1.165, 1.54) is 11.1 Å². The molecule has 0 saturated carbocycles. The van der Waals surface area contributed by atoms with Crippen molar-refractivity contribution in [3.8, 4) is 0 Å². The van der Waals surface area contributed by atoms with Gasteiger partial charge in [-0.05, 0) is 43.4 Å². The number of aryl methyl sites for hydroxylation is 1. The highest BCUT2D eigenvalue weighted by Gasteiger charge is 2.27. The van der Waals surface area contributed by atoms with E-state index in [2.05, 4.69) is 82.3 Å². The molecule has 156 valence electrons. The predicted octanol–water partition coefficient (Wildman–Crippen LogP) is 5.40. The van der Waals surface area contributed by atoms with Crippen LogP contribution >= 0.6 is 15.9 Å². The lowest BCUT2D eigenvalue weighted by atomic mass is 9.98. The van der Waals surface area contributed by atoms with Gasteiger partial charge in [-0.1, -0.05) is 55.3 Å². The average molecular weight is 460 g/mol. The SMILES string of the molecule is CCCCN(c1nc(C)nc2c1NC(=O)CN2)C(C)c1ccc(C(C)C)cc1Br. The van der Waals surface area contributed by atoms with Crippen LogP contribution in [-0.2, 0) is 4.79 Å². The van der Waals surface area contributed by atoms with E-state index in [9.17, 15) is 4.79 Å². The third-order valence-corrected chi connectivity index (χ3v) is 6.00. The summed E-state index contributed by atoms with van der Waals surface area (Å²) in [5.41, 5.74) is 3.18. The van der Waals surface area contributed by atoms with Crippen LogP contribution in [0.2, 0.25) is 0 Å². The van der Waals surface area contributed by atoms with Gasteiger partial charge in [-0.25, -0.2) is 9.97 Å². The topological polar surface area (TPSA) is 70.2 Å². The summed E-state index contributed by atoms with van der Waals surface area (Å²) in [6, 6.07) is 6.68. The molecule has 0 spiro atoms. The molecule has 2 aromatic rings. The minimum Gasteiger partial charge on any atom is -0.359 e. The zero-order valence-corrected chi connectivity index (χ0v) is 19.4. The van der Waals surface area contributed by atoms with Gasteiger partial charge in [0.15, 0.2) is 11.6 Å². The molecule has 2 heterocycles. The number of unbranched alkanes of at least 4 members (excludes halogenated alkanes) is 1. The Balaban J connectivity index is 2.05. The summed E-state index contributed by atoms with van der Waals surface area (Å²) in [6.45, 7) is 11.7. The van der Waals surface area contributed by atoms with Crippen molar-refractivity contribution in [2.75, 3.05) is 28.6 Å². The normalized spacial score (nSPS) is 14.2. The number of aromatic nitrogens is 2. The Bertz CT molecular complexity index is 899. The summed E-state index contributed by atoms with van der Waals surface area (Å²) in [5.74, 6) is 2.55. The molecule has 3 rings (SSSR count). The first kappa shape index (κ1) is 21.6. The lowest BCUT2D eigenvalue weighted by Gasteiger charge is -2.34. The van der Waals surface area contributed by atoms with E-state index >= 15 is 0 Å². The smallest absolute Gasteiger partial charge is 0.243 e. The Labute approximate surface area is 181 Å². The molecule has 0 aliphatic carbocycles. The van der Waals surface area contributed by atoms with E-state index in [4.69, 9.17) is 4.98 Å². The first-order valence-corrected chi connectivity index (χ1v) is 11.1. The van der Waals surface area contributed by atoms with Crippen LogP contribution in [-0.4, -0.2) is 29.0 Å². The van der Waals surface area contributed by atoms with Crippen molar-refractivity contribution in [2.24, 2.45) is 0 Å². The van der Waals surface area contributed by atoms with Crippen LogP contribution in [0, 0.1) is 6.92 Å². The van der Waals surface area contributed by atoms with E-state index in [0.29, 0.717) is 23.2 Å². The van der Waals surface area contributed by atoms with Crippen LogP contribution in [0.4, 0.5) is 17.3 Å². The van der Waals surface area contributed by atoms with Gasteiger partial charge >= 0.3 is 0 Å². The Morgan fingerprint density at radius 1 is 1.24 bits per heavy atom. The molecule has 2 N–H and O–H groups in total. The van der Waals surface area contributed by atoms with Crippen molar-refractivity contribution < 1.29 is 4.79 Å². The molecular weight excluding hydrogens is 430 g/mol. The van der Waals surface area contributed by atoms with E-state index in [1.54, 1.807) is 0 Å². The van der Waals surface area contributed by atoms with Gasteiger partial charge in [-0.15, -0.1) is 0 Å². The molecule has 1 aliphatic rings. The van der Waals surface area contributed by atoms with Crippen LogP contribution in [0.25, 0.3) is 0 Å². The molecule has 1 unspecified atom stereocenters. The quantitative estimate of drug-likeness (QED) is 0.579. The number of nitrogens with zero attached hydrogens (tertiary/aromatic N) is 3. The van der Waals surface area contributed by atoms with Crippen LogP contribution in [0.15, 0.2) is 22.7 Å². The number of fused-ring (bicyclic) bond motifs is 1. The Morgan fingerprint density at radius 2 is 2.00 bits per heavy atom. The molecule has 29 heavy (non-hydrogen) atoms. The summed E-state index contributed by atoms with van der Waals surface area (Å²) < 4.78 is 1.10. The Morgan fingerprint density at radius 3 is 2.66 bits per heavy atom. The summed E-state index contributed by atoms with van der Waals surface area (Å²) >= 11 is 3.78. The molecule has 7 heteroatoms. The fraction of sp³-hybridized carbons (Fsp3) is 0.500. The van der Waals surface area contributed by atoms with Crippen molar-refractivity contribution in [3.05, 3.63) is 39.6 Å². The zero-order chi connectivity index (χ0) is 21.1. The van der Waals surface area contributed by atoms with Crippen LogP contribution in [0.1, 0.15) is 69.4 Å². The van der Waals surface area contributed by atoms with E-state index in [0.717, 1.165) is 29.7 Å². The molecule has 0 saturated heterocycles. The summed E-state index contributed by atoms with van der Waals surface area (Å²) in [6.07, 6.45) is 2.11. The number of hydrogen-bond acceptors (Lipinski definition) is 5. The van der Waals surface area contributed by atoms with Crippen molar-refractivity contribution in [2.45, 2.75) is 59.4 Å². The Hall–Kier alpha value is -2.15. The second-order valence-electron chi connectivity index (χ2n) is 7.88. The van der Waals surface area contributed by atoms with Gasteiger partial charge in [-0.2, -0.15) is 0 Å². The number of benzene rings is 1. The summed E-state index contributed by atoms with van der Waals surface area (Å²) in [7, 11) is 0. The van der Waals surface area contributed by atoms with Crippen molar-refractivity contribution in [1.29, 1.82) is 0 Å². The second-order valence-corrected chi connectivity index (χ2v) is 8.73. The highest BCUT2D eigenvalue weighted by molar-refractivity contribution is 9.10. The fourth-order valence-electron chi connectivity index (χ4n) is 3.58. The van der Waals surface area contributed by atoms with Crippen LogP contribution in [0.5, 0.6) is 0 Å². The highest BCUT2D eigenvalue weighted by atomic mass is 79.9. The van der Waals surface area contributed by atoms with E-state index in [-0.39, 0.29) is 18.5 Å². The van der Waals surface area contributed by atoms with Crippen LogP contribution in [0.3, 0.4) is 0 Å². The first-order chi connectivity index (χ1) is 13.8. The molecule has 1 amide bonds. The fourth-order valence-corrected chi connectivity index (χ4v) is 4.30. The van der Waals surface area contributed by atoms with Gasteiger partial charge < -0.3 is 15.5 Å². The number of rotatable bonds is 7. The monoisotopic (exact) mass is 459 g/mol. The molecule has 1 atom stereocenters. The summed E-state index contributed by atoms with van der Waals surface area (Å²) in [4.78, 5) is 23.5.